The maximum atomic E-state index is 12.1. The van der Waals surface area contributed by atoms with Gasteiger partial charge in [-0.3, -0.25) is 4.79 Å². The summed E-state index contributed by atoms with van der Waals surface area (Å²) in [5, 5.41) is 0. The molecule has 0 fully saturated rings. The van der Waals surface area contributed by atoms with Crippen molar-refractivity contribution in [3.05, 3.63) is 59.4 Å². The number of hydrogen-bond donors (Lipinski definition) is 1. The zero-order valence-corrected chi connectivity index (χ0v) is 11.5. The van der Waals surface area contributed by atoms with Gasteiger partial charge in [-0.2, -0.15) is 0 Å². The molecule has 2 heteroatoms. The van der Waals surface area contributed by atoms with E-state index >= 15 is 0 Å². The number of benzene rings is 1. The third kappa shape index (κ3) is 3.82. The van der Waals surface area contributed by atoms with Gasteiger partial charge < -0.3 is 4.98 Å². The summed E-state index contributed by atoms with van der Waals surface area (Å²) in [6, 6.07) is 11.7. The summed E-state index contributed by atoms with van der Waals surface area (Å²) in [6.07, 6.45) is 7.98. The summed E-state index contributed by atoms with van der Waals surface area (Å²) in [5.41, 5.74) is 2.72. The Balaban J connectivity index is 1.93. The van der Waals surface area contributed by atoms with Crippen molar-refractivity contribution in [3.63, 3.8) is 0 Å². The van der Waals surface area contributed by atoms with Gasteiger partial charge in [0.2, 0.25) is 5.78 Å². The maximum Gasteiger partial charge on any atom is 0.209 e. The highest BCUT2D eigenvalue weighted by Crippen LogP contribution is 2.12. The molecule has 2 aromatic rings. The molecule has 0 aliphatic heterocycles. The van der Waals surface area contributed by atoms with Crippen molar-refractivity contribution in [1.82, 2.24) is 4.98 Å². The number of H-pyrrole nitrogens is 1. The Labute approximate surface area is 114 Å². The first-order valence-corrected chi connectivity index (χ1v) is 7.08. The number of carbonyl (C=O) groups excluding carboxylic acids is 1. The van der Waals surface area contributed by atoms with Gasteiger partial charge in [0.1, 0.15) is 0 Å². The Morgan fingerprint density at radius 3 is 2.47 bits per heavy atom. The molecule has 0 aliphatic carbocycles. The average Bonchev–Trinajstić information content (AvgIpc) is 2.98. The number of nitrogens with one attached hydrogen (secondary N) is 1. The van der Waals surface area contributed by atoms with E-state index in [2.05, 4.69) is 24.0 Å². The van der Waals surface area contributed by atoms with E-state index in [9.17, 15) is 4.79 Å². The van der Waals surface area contributed by atoms with Crippen molar-refractivity contribution in [2.45, 2.75) is 39.0 Å². The van der Waals surface area contributed by atoms with Crippen LogP contribution in [0.4, 0.5) is 0 Å². The van der Waals surface area contributed by atoms with Crippen LogP contribution < -0.4 is 0 Å². The predicted octanol–water partition coefficient (Wildman–Crippen LogP) is 4.37. The van der Waals surface area contributed by atoms with Gasteiger partial charge in [0.15, 0.2) is 0 Å². The molecule has 0 saturated heterocycles. The minimum Gasteiger partial charge on any atom is -0.359 e. The van der Waals surface area contributed by atoms with E-state index in [0.717, 1.165) is 12.0 Å². The first-order chi connectivity index (χ1) is 9.31. The molecule has 0 unspecified atom stereocenters. The molecule has 0 saturated carbocycles. The molecule has 1 heterocycles. The molecule has 0 spiro atoms. The van der Waals surface area contributed by atoms with Crippen molar-refractivity contribution in [3.8, 4) is 0 Å². The number of aryl methyl sites for hydroxylation is 1. The van der Waals surface area contributed by atoms with Gasteiger partial charge in [0.25, 0.3) is 0 Å². The first-order valence-electron chi connectivity index (χ1n) is 7.08. The molecular formula is C17H21NO. The van der Waals surface area contributed by atoms with Gasteiger partial charge in [0.05, 0.1) is 5.69 Å². The van der Waals surface area contributed by atoms with Crippen LogP contribution in [0.15, 0.2) is 42.6 Å². The van der Waals surface area contributed by atoms with Crippen molar-refractivity contribution in [2.24, 2.45) is 0 Å². The summed E-state index contributed by atoms with van der Waals surface area (Å²) >= 11 is 0. The van der Waals surface area contributed by atoms with Crippen LogP contribution in [0, 0.1) is 0 Å². The number of carbonyl (C=O) groups is 1. The number of rotatable bonds is 7. The molecular weight excluding hydrogens is 234 g/mol. The fraction of sp³-hybridized carbons (Fsp3) is 0.353. The fourth-order valence-electron chi connectivity index (χ4n) is 2.21. The largest absolute Gasteiger partial charge is 0.359 e. The average molecular weight is 255 g/mol. The summed E-state index contributed by atoms with van der Waals surface area (Å²) in [7, 11) is 0. The second-order valence-electron chi connectivity index (χ2n) is 4.92. The molecule has 1 aromatic carbocycles. The van der Waals surface area contributed by atoms with Crippen LogP contribution in [0.2, 0.25) is 0 Å². The van der Waals surface area contributed by atoms with Crippen molar-refractivity contribution in [2.75, 3.05) is 0 Å². The van der Waals surface area contributed by atoms with Gasteiger partial charge in [-0.15, -0.1) is 0 Å². The number of aromatic amines is 1. The number of aromatic nitrogens is 1. The van der Waals surface area contributed by atoms with E-state index in [1.165, 1.54) is 31.2 Å². The highest BCUT2D eigenvalue weighted by atomic mass is 16.1. The van der Waals surface area contributed by atoms with Gasteiger partial charge in [-0.25, -0.2) is 0 Å². The maximum absolute atomic E-state index is 12.1. The predicted molar refractivity (Wildman–Crippen MR) is 78.5 cm³/mol. The van der Waals surface area contributed by atoms with Gasteiger partial charge in [-0.05, 0) is 30.5 Å². The van der Waals surface area contributed by atoms with E-state index in [-0.39, 0.29) is 5.78 Å². The molecule has 2 rings (SSSR count). The molecule has 0 amide bonds. The van der Waals surface area contributed by atoms with Crippen molar-refractivity contribution < 1.29 is 4.79 Å². The third-order valence-corrected chi connectivity index (χ3v) is 3.38. The van der Waals surface area contributed by atoms with Crippen molar-refractivity contribution in [1.29, 1.82) is 0 Å². The lowest BCUT2D eigenvalue weighted by molar-refractivity contribution is 0.103. The minimum atomic E-state index is 0.0579. The van der Waals surface area contributed by atoms with E-state index in [0.29, 0.717) is 5.69 Å². The SMILES string of the molecule is CCCCCCc1ccc(C(=O)c2ccc[nH]2)cc1. The van der Waals surface area contributed by atoms with Gasteiger partial charge in [0, 0.05) is 11.8 Å². The third-order valence-electron chi connectivity index (χ3n) is 3.38. The standard InChI is InChI=1S/C17H21NO/c1-2-3-4-5-7-14-9-11-15(12-10-14)17(19)16-8-6-13-18-16/h6,8-13,18H,2-5,7H2,1H3. The van der Waals surface area contributed by atoms with Crippen LogP contribution in [0.1, 0.15) is 54.2 Å². The Bertz CT molecular complexity index is 497. The van der Waals surface area contributed by atoms with E-state index in [1.807, 2.05) is 18.2 Å². The Kier molecular flexibility index (Phi) is 4.96. The van der Waals surface area contributed by atoms with Crippen LogP contribution in [0.3, 0.4) is 0 Å². The smallest absolute Gasteiger partial charge is 0.209 e. The van der Waals surface area contributed by atoms with E-state index in [4.69, 9.17) is 0 Å². The highest BCUT2D eigenvalue weighted by Gasteiger charge is 2.08. The van der Waals surface area contributed by atoms with E-state index in [1.54, 1.807) is 12.3 Å². The van der Waals surface area contributed by atoms with Crippen LogP contribution in [0.25, 0.3) is 0 Å². The summed E-state index contributed by atoms with van der Waals surface area (Å²) < 4.78 is 0. The zero-order valence-electron chi connectivity index (χ0n) is 11.5. The summed E-state index contributed by atoms with van der Waals surface area (Å²) in [5.74, 6) is 0.0579. The lowest BCUT2D eigenvalue weighted by Gasteiger charge is -2.03. The molecule has 1 N–H and O–H groups in total. The highest BCUT2D eigenvalue weighted by molar-refractivity contribution is 6.07. The number of unbranched alkanes of at least 4 members (excludes halogenated alkanes) is 3. The first kappa shape index (κ1) is 13.6. The molecule has 0 atom stereocenters. The summed E-state index contributed by atoms with van der Waals surface area (Å²) in [6.45, 7) is 2.22. The topological polar surface area (TPSA) is 32.9 Å². The van der Waals surface area contributed by atoms with Gasteiger partial charge in [-0.1, -0.05) is 50.5 Å². The Hall–Kier alpha value is -1.83. The Morgan fingerprint density at radius 2 is 1.84 bits per heavy atom. The van der Waals surface area contributed by atoms with Crippen LogP contribution in [-0.2, 0) is 6.42 Å². The van der Waals surface area contributed by atoms with Crippen molar-refractivity contribution >= 4 is 5.78 Å². The normalized spacial score (nSPS) is 10.6. The summed E-state index contributed by atoms with van der Waals surface area (Å²) in [4.78, 5) is 15.0. The lowest BCUT2D eigenvalue weighted by Crippen LogP contribution is -2.01. The van der Waals surface area contributed by atoms with Gasteiger partial charge >= 0.3 is 0 Å². The Morgan fingerprint density at radius 1 is 1.05 bits per heavy atom. The molecule has 2 nitrogen and oxygen atoms in total. The number of hydrogen-bond acceptors (Lipinski definition) is 1. The minimum absolute atomic E-state index is 0.0579. The molecule has 0 radical (unpaired) electrons. The molecule has 0 aliphatic rings. The molecule has 1 aromatic heterocycles. The molecule has 100 valence electrons. The van der Waals surface area contributed by atoms with E-state index < -0.39 is 0 Å². The molecule has 0 bridgehead atoms. The van der Waals surface area contributed by atoms with Crippen LogP contribution >= 0.6 is 0 Å². The lowest BCUT2D eigenvalue weighted by atomic mass is 10.0. The fourth-order valence-corrected chi connectivity index (χ4v) is 2.21. The second-order valence-corrected chi connectivity index (χ2v) is 4.92. The zero-order chi connectivity index (χ0) is 13.5. The van der Waals surface area contributed by atoms with Crippen LogP contribution in [-0.4, -0.2) is 10.8 Å². The molecule has 19 heavy (non-hydrogen) atoms. The monoisotopic (exact) mass is 255 g/mol. The second kappa shape index (κ2) is 6.93. The number of ketones is 1. The quantitative estimate of drug-likeness (QED) is 0.578. The van der Waals surface area contributed by atoms with Crippen LogP contribution in [0.5, 0.6) is 0 Å².